The van der Waals surface area contributed by atoms with Crippen LogP contribution in [-0.2, 0) is 24.0 Å². The van der Waals surface area contributed by atoms with Crippen LogP contribution in [0.2, 0.25) is 0 Å². The first kappa shape index (κ1) is 20.4. The van der Waals surface area contributed by atoms with E-state index < -0.39 is 37.1 Å². The molecule has 0 aromatic heterocycles. The minimum Gasteiger partial charge on any atom is -0.394 e. The number of halogens is 1. The van der Waals surface area contributed by atoms with Crippen molar-refractivity contribution < 1.29 is 29.6 Å². The average Bonchev–Trinajstić information content (AvgIpc) is 3.21. The van der Waals surface area contributed by atoms with Crippen molar-refractivity contribution in [2.45, 2.75) is 63.1 Å². The molecule has 1 saturated heterocycles. The second kappa shape index (κ2) is 8.13. The highest BCUT2D eigenvalue weighted by atomic mass is 19.1. The maximum absolute atomic E-state index is 13.3. The van der Waals surface area contributed by atoms with Crippen molar-refractivity contribution in [1.82, 2.24) is 0 Å². The minimum atomic E-state index is -1.40. The zero-order valence-corrected chi connectivity index (χ0v) is 16.4. The molecule has 4 rings (SSSR count). The van der Waals surface area contributed by atoms with Crippen molar-refractivity contribution in [2.24, 2.45) is 0 Å². The van der Waals surface area contributed by atoms with Gasteiger partial charge in [-0.05, 0) is 78.1 Å². The predicted octanol–water partition coefficient (Wildman–Crippen LogP) is 1.73. The molecular weight excluding hydrogens is 375 g/mol. The van der Waals surface area contributed by atoms with E-state index in [4.69, 9.17) is 4.74 Å². The van der Waals surface area contributed by atoms with Gasteiger partial charge in [-0.1, -0.05) is 18.2 Å². The van der Waals surface area contributed by atoms with Gasteiger partial charge in [0, 0.05) is 0 Å². The van der Waals surface area contributed by atoms with E-state index in [1.165, 1.54) is 23.3 Å². The Morgan fingerprint density at radius 1 is 1.00 bits per heavy atom. The number of hydrogen-bond acceptors (Lipinski definition) is 5. The number of aliphatic hydroxyl groups is 4. The van der Waals surface area contributed by atoms with Crippen LogP contribution in [0.3, 0.4) is 0 Å². The van der Waals surface area contributed by atoms with Crippen LogP contribution >= 0.6 is 0 Å². The minimum absolute atomic E-state index is 0.273. The zero-order chi connectivity index (χ0) is 20.7. The van der Waals surface area contributed by atoms with Crippen LogP contribution in [0.15, 0.2) is 30.3 Å². The van der Waals surface area contributed by atoms with Gasteiger partial charge in [0.25, 0.3) is 0 Å². The summed E-state index contributed by atoms with van der Waals surface area (Å²) >= 11 is 0. The topological polar surface area (TPSA) is 90.2 Å². The number of aliphatic hydroxyl groups excluding tert-OH is 4. The van der Waals surface area contributed by atoms with Crippen molar-refractivity contribution in [3.05, 3.63) is 69.5 Å². The van der Waals surface area contributed by atoms with Crippen LogP contribution in [-0.4, -0.2) is 51.4 Å². The standard InChI is InChI=1S/C23H27FO5/c1-12-16-3-2-4-17(16)14(9-13-5-7-15(24)8-6-13)10-18(12)23-22(28)21(27)20(26)19(11-25)29-23/h5-8,10,19-23,25-28H,2-4,9,11H2,1H3. The first-order chi connectivity index (χ1) is 13.9. The Morgan fingerprint density at radius 3 is 2.38 bits per heavy atom. The van der Waals surface area contributed by atoms with Gasteiger partial charge in [-0.15, -0.1) is 0 Å². The van der Waals surface area contributed by atoms with Gasteiger partial charge in [-0.3, -0.25) is 0 Å². The molecule has 5 unspecified atom stereocenters. The maximum atomic E-state index is 13.3. The third kappa shape index (κ3) is 3.71. The van der Waals surface area contributed by atoms with Crippen LogP contribution < -0.4 is 0 Å². The molecule has 1 aliphatic carbocycles. The first-order valence-corrected chi connectivity index (χ1v) is 10.1. The van der Waals surface area contributed by atoms with E-state index in [1.807, 2.05) is 13.0 Å². The van der Waals surface area contributed by atoms with Gasteiger partial charge < -0.3 is 25.2 Å². The van der Waals surface area contributed by atoms with Crippen LogP contribution in [0.25, 0.3) is 0 Å². The highest BCUT2D eigenvalue weighted by molar-refractivity contribution is 5.50. The summed E-state index contributed by atoms with van der Waals surface area (Å²) in [4.78, 5) is 0. The third-order valence-corrected chi connectivity index (χ3v) is 6.33. The molecule has 0 amide bonds. The molecule has 0 saturated carbocycles. The lowest BCUT2D eigenvalue weighted by molar-refractivity contribution is -0.231. The van der Waals surface area contributed by atoms with E-state index in [2.05, 4.69) is 0 Å². The number of rotatable bonds is 4. The molecule has 0 spiro atoms. The molecular formula is C23H27FO5. The smallest absolute Gasteiger partial charge is 0.123 e. The molecule has 5 nitrogen and oxygen atoms in total. The van der Waals surface area contributed by atoms with Crippen molar-refractivity contribution >= 4 is 0 Å². The molecule has 29 heavy (non-hydrogen) atoms. The van der Waals surface area contributed by atoms with E-state index in [9.17, 15) is 24.8 Å². The summed E-state index contributed by atoms with van der Waals surface area (Å²) in [6, 6.07) is 8.42. The second-order valence-electron chi connectivity index (χ2n) is 8.11. The highest BCUT2D eigenvalue weighted by Crippen LogP contribution is 2.39. The molecule has 0 bridgehead atoms. The molecule has 5 atom stereocenters. The normalized spacial score (nSPS) is 29.1. The summed E-state index contributed by atoms with van der Waals surface area (Å²) in [7, 11) is 0. The lowest BCUT2D eigenvalue weighted by Gasteiger charge is -2.41. The van der Waals surface area contributed by atoms with Gasteiger partial charge in [0.05, 0.1) is 6.61 Å². The Morgan fingerprint density at radius 2 is 1.69 bits per heavy atom. The van der Waals surface area contributed by atoms with Crippen molar-refractivity contribution in [2.75, 3.05) is 6.61 Å². The van der Waals surface area contributed by atoms with Crippen molar-refractivity contribution in [3.63, 3.8) is 0 Å². The van der Waals surface area contributed by atoms with E-state index in [0.717, 1.165) is 41.5 Å². The van der Waals surface area contributed by atoms with E-state index in [-0.39, 0.29) is 5.82 Å². The van der Waals surface area contributed by atoms with Gasteiger partial charge >= 0.3 is 0 Å². The average molecular weight is 402 g/mol. The van der Waals surface area contributed by atoms with Crippen LogP contribution in [0, 0.1) is 12.7 Å². The number of fused-ring (bicyclic) bond motifs is 1. The first-order valence-electron chi connectivity index (χ1n) is 10.1. The fourth-order valence-electron chi connectivity index (χ4n) is 4.70. The van der Waals surface area contributed by atoms with Gasteiger partial charge in [0.1, 0.15) is 36.3 Å². The molecule has 1 heterocycles. The molecule has 2 aromatic rings. The van der Waals surface area contributed by atoms with E-state index in [1.54, 1.807) is 12.1 Å². The summed E-state index contributed by atoms with van der Waals surface area (Å²) in [5, 5.41) is 40.4. The Hall–Kier alpha value is -1.83. The summed E-state index contributed by atoms with van der Waals surface area (Å²) < 4.78 is 19.1. The molecule has 6 heteroatoms. The Labute approximate surface area is 169 Å². The summed E-state index contributed by atoms with van der Waals surface area (Å²) in [6.45, 7) is 1.54. The second-order valence-corrected chi connectivity index (χ2v) is 8.11. The Bertz CT molecular complexity index is 880. The summed E-state index contributed by atoms with van der Waals surface area (Å²) in [5.74, 6) is -0.273. The number of ether oxygens (including phenoxy) is 1. The fraction of sp³-hybridized carbons (Fsp3) is 0.478. The van der Waals surface area contributed by atoms with Gasteiger partial charge in [0.15, 0.2) is 0 Å². The van der Waals surface area contributed by atoms with Crippen LogP contribution in [0.1, 0.15) is 45.9 Å². The molecule has 2 aromatic carbocycles. The lowest BCUT2D eigenvalue weighted by atomic mass is 9.84. The number of benzene rings is 2. The Balaban J connectivity index is 1.75. The molecule has 1 fully saturated rings. The third-order valence-electron chi connectivity index (χ3n) is 6.33. The highest BCUT2D eigenvalue weighted by Gasteiger charge is 2.44. The SMILES string of the molecule is Cc1c(C2OC(CO)C(O)C(O)C2O)cc(Cc2ccc(F)cc2)c2c1CCC2. The largest absolute Gasteiger partial charge is 0.394 e. The van der Waals surface area contributed by atoms with Gasteiger partial charge in [-0.2, -0.15) is 0 Å². The predicted molar refractivity (Wildman–Crippen MR) is 105 cm³/mol. The zero-order valence-electron chi connectivity index (χ0n) is 16.4. The van der Waals surface area contributed by atoms with Gasteiger partial charge in [0.2, 0.25) is 0 Å². The van der Waals surface area contributed by atoms with Crippen LogP contribution in [0.4, 0.5) is 4.39 Å². The van der Waals surface area contributed by atoms with Crippen molar-refractivity contribution in [3.8, 4) is 0 Å². The monoisotopic (exact) mass is 402 g/mol. The van der Waals surface area contributed by atoms with Crippen LogP contribution in [0.5, 0.6) is 0 Å². The Kier molecular flexibility index (Phi) is 5.73. The fourth-order valence-corrected chi connectivity index (χ4v) is 4.70. The molecule has 1 aliphatic heterocycles. The quantitative estimate of drug-likeness (QED) is 0.625. The molecule has 156 valence electrons. The molecule has 0 radical (unpaired) electrons. The molecule has 2 aliphatic rings. The summed E-state index contributed by atoms with van der Waals surface area (Å²) in [6.07, 6.45) is -2.28. The van der Waals surface area contributed by atoms with E-state index >= 15 is 0 Å². The summed E-state index contributed by atoms with van der Waals surface area (Å²) in [5.41, 5.74) is 6.40. The molecule has 4 N–H and O–H groups in total. The van der Waals surface area contributed by atoms with Crippen molar-refractivity contribution in [1.29, 1.82) is 0 Å². The lowest BCUT2D eigenvalue weighted by Crippen LogP contribution is -2.55. The van der Waals surface area contributed by atoms with Gasteiger partial charge in [-0.25, -0.2) is 4.39 Å². The van der Waals surface area contributed by atoms with E-state index in [0.29, 0.717) is 6.42 Å². The maximum Gasteiger partial charge on any atom is 0.123 e. The number of hydrogen-bond donors (Lipinski definition) is 4.